The van der Waals surface area contributed by atoms with Crippen molar-refractivity contribution in [1.82, 2.24) is 9.97 Å². The number of fused-ring (bicyclic) bond motifs is 1. The van der Waals surface area contributed by atoms with Crippen molar-refractivity contribution >= 4 is 50.8 Å². The number of benzene rings is 2. The fraction of sp³-hybridized carbons (Fsp3) is 0.158. The predicted molar refractivity (Wildman–Crippen MR) is 115 cm³/mol. The molecule has 1 atom stereocenters. The van der Waals surface area contributed by atoms with Crippen LogP contribution in [-0.4, -0.2) is 22.6 Å². The number of oxazole rings is 1. The van der Waals surface area contributed by atoms with Gasteiger partial charge in [-0.1, -0.05) is 46.7 Å². The van der Waals surface area contributed by atoms with Crippen molar-refractivity contribution in [3.05, 3.63) is 68.8 Å². The molecule has 0 fully saturated rings. The van der Waals surface area contributed by atoms with Crippen LogP contribution in [0.4, 0.5) is 5.13 Å². The largest absolute Gasteiger partial charge is 0.417 e. The van der Waals surface area contributed by atoms with Gasteiger partial charge in [-0.15, -0.1) is 0 Å². The lowest BCUT2D eigenvalue weighted by atomic mass is 10.1. The van der Waals surface area contributed by atoms with Crippen molar-refractivity contribution < 1.29 is 4.42 Å². The van der Waals surface area contributed by atoms with Crippen LogP contribution in [0.5, 0.6) is 0 Å². The molecule has 0 radical (unpaired) electrons. The molecule has 28 heavy (non-hydrogen) atoms. The van der Waals surface area contributed by atoms with E-state index in [2.05, 4.69) is 15.3 Å². The van der Waals surface area contributed by atoms with Gasteiger partial charge in [0.05, 0.1) is 20.4 Å². The molecule has 4 aromatic rings. The zero-order chi connectivity index (χ0) is 19.7. The van der Waals surface area contributed by atoms with Gasteiger partial charge in [0.1, 0.15) is 0 Å². The molecule has 0 bridgehead atoms. The molecular weight excluding hydrogens is 419 g/mol. The first-order valence-corrected chi connectivity index (χ1v) is 10.1. The van der Waals surface area contributed by atoms with Gasteiger partial charge in [-0.05, 0) is 41.8 Å². The molecule has 9 heteroatoms. The number of anilines is 1. The summed E-state index contributed by atoms with van der Waals surface area (Å²) < 4.78 is 5.11. The van der Waals surface area contributed by atoms with E-state index < -0.39 is 5.76 Å². The summed E-state index contributed by atoms with van der Waals surface area (Å²) in [5.74, 6) is -0.463. The van der Waals surface area contributed by atoms with E-state index >= 15 is 0 Å². The van der Waals surface area contributed by atoms with E-state index in [1.54, 1.807) is 12.3 Å². The van der Waals surface area contributed by atoms with Gasteiger partial charge in [-0.3, -0.25) is 4.98 Å². The van der Waals surface area contributed by atoms with Crippen LogP contribution in [0, 0.1) is 0 Å². The number of rotatable bonds is 6. The van der Waals surface area contributed by atoms with E-state index in [9.17, 15) is 4.79 Å². The molecule has 0 saturated carbocycles. The Morgan fingerprint density at radius 1 is 1.21 bits per heavy atom. The Morgan fingerprint density at radius 2 is 2.07 bits per heavy atom. The van der Waals surface area contributed by atoms with Crippen LogP contribution in [0.1, 0.15) is 5.56 Å². The molecule has 2 heterocycles. The van der Waals surface area contributed by atoms with Crippen LogP contribution < -0.4 is 16.8 Å². The van der Waals surface area contributed by atoms with Crippen molar-refractivity contribution in [3.8, 4) is 10.4 Å². The third kappa shape index (κ3) is 4.23. The molecular formula is C19H16Cl2N4O2S. The van der Waals surface area contributed by atoms with Gasteiger partial charge in [-0.2, -0.15) is 0 Å². The maximum Gasteiger partial charge on any atom is 0.417 e. The lowest BCUT2D eigenvalue weighted by Crippen LogP contribution is -2.31. The molecule has 0 amide bonds. The molecule has 0 aliphatic carbocycles. The van der Waals surface area contributed by atoms with E-state index in [-0.39, 0.29) is 6.04 Å². The number of halogens is 2. The van der Waals surface area contributed by atoms with E-state index in [0.717, 1.165) is 21.1 Å². The van der Waals surface area contributed by atoms with Crippen molar-refractivity contribution in [2.24, 2.45) is 5.73 Å². The van der Waals surface area contributed by atoms with Gasteiger partial charge in [0.15, 0.2) is 10.7 Å². The van der Waals surface area contributed by atoms with E-state index in [1.807, 2.05) is 30.3 Å². The Hall–Kier alpha value is -2.32. The standard InChI is InChI=1S/C19H16Cl2N4O2S/c20-13-3-1-10(6-14(13)21)5-12(22)8-23-18-24-9-17(28-18)11-2-4-15-16(7-11)27-19(26)25-15/h1-4,6-7,9,12H,5,8,22H2,(H,23,24)(H,25,26)/t12-/m1/s1. The normalized spacial score (nSPS) is 12.4. The second kappa shape index (κ2) is 7.97. The molecule has 2 aromatic carbocycles. The van der Waals surface area contributed by atoms with Crippen molar-refractivity contribution in [2.45, 2.75) is 12.5 Å². The minimum Gasteiger partial charge on any atom is -0.408 e. The molecule has 0 saturated heterocycles. The second-order valence-corrected chi connectivity index (χ2v) is 8.19. The van der Waals surface area contributed by atoms with Gasteiger partial charge < -0.3 is 15.5 Å². The molecule has 2 aromatic heterocycles. The summed E-state index contributed by atoms with van der Waals surface area (Å²) in [6, 6.07) is 11.0. The summed E-state index contributed by atoms with van der Waals surface area (Å²) in [7, 11) is 0. The molecule has 0 unspecified atom stereocenters. The second-order valence-electron chi connectivity index (χ2n) is 6.35. The van der Waals surface area contributed by atoms with Crippen molar-refractivity contribution in [2.75, 3.05) is 11.9 Å². The first-order chi connectivity index (χ1) is 13.5. The highest BCUT2D eigenvalue weighted by atomic mass is 35.5. The highest BCUT2D eigenvalue weighted by molar-refractivity contribution is 7.18. The van der Waals surface area contributed by atoms with E-state index in [1.165, 1.54) is 11.3 Å². The average Bonchev–Trinajstić information content (AvgIpc) is 3.28. The first-order valence-electron chi connectivity index (χ1n) is 8.50. The van der Waals surface area contributed by atoms with Crippen LogP contribution in [0.25, 0.3) is 21.5 Å². The first kappa shape index (κ1) is 19.0. The number of nitrogens with zero attached hydrogens (tertiary/aromatic N) is 1. The number of hydrogen-bond donors (Lipinski definition) is 3. The van der Waals surface area contributed by atoms with E-state index in [0.29, 0.717) is 34.1 Å². The van der Waals surface area contributed by atoms with Gasteiger partial charge in [-0.25, -0.2) is 9.78 Å². The summed E-state index contributed by atoms with van der Waals surface area (Å²) in [6.45, 7) is 0.568. The van der Waals surface area contributed by atoms with Crippen LogP contribution in [0.15, 0.2) is 51.8 Å². The van der Waals surface area contributed by atoms with Crippen LogP contribution >= 0.6 is 34.5 Å². The predicted octanol–water partition coefficient (Wildman–Crippen LogP) is 4.53. The van der Waals surface area contributed by atoms with Gasteiger partial charge in [0, 0.05) is 18.8 Å². The zero-order valence-corrected chi connectivity index (χ0v) is 16.9. The van der Waals surface area contributed by atoms with E-state index in [4.69, 9.17) is 33.4 Å². The third-order valence-electron chi connectivity index (χ3n) is 4.21. The number of H-pyrrole nitrogens is 1. The summed E-state index contributed by atoms with van der Waals surface area (Å²) in [6.07, 6.45) is 2.45. The molecule has 6 nitrogen and oxygen atoms in total. The summed E-state index contributed by atoms with van der Waals surface area (Å²) in [4.78, 5) is 19.3. The number of thiazole rings is 1. The summed E-state index contributed by atoms with van der Waals surface area (Å²) in [5.41, 5.74) is 9.37. The van der Waals surface area contributed by atoms with Crippen molar-refractivity contribution in [1.29, 1.82) is 0 Å². The summed E-state index contributed by atoms with van der Waals surface area (Å²) in [5, 5.41) is 5.10. The minimum absolute atomic E-state index is 0.102. The number of nitrogens with two attached hydrogens (primary N) is 1. The third-order valence-corrected chi connectivity index (χ3v) is 5.95. The Balaban J connectivity index is 1.39. The Bertz CT molecular complexity index is 1180. The fourth-order valence-corrected chi connectivity index (χ4v) is 3.99. The molecule has 0 aliphatic rings. The van der Waals surface area contributed by atoms with Gasteiger partial charge >= 0.3 is 5.76 Å². The van der Waals surface area contributed by atoms with Gasteiger partial charge in [0.25, 0.3) is 0 Å². The number of aromatic amines is 1. The number of hydrogen-bond acceptors (Lipinski definition) is 6. The summed E-state index contributed by atoms with van der Waals surface area (Å²) >= 11 is 13.5. The SMILES string of the molecule is N[C@@H](CNc1ncc(-c2ccc3[nH]c(=O)oc3c2)s1)Cc1ccc(Cl)c(Cl)c1. The Labute approximate surface area is 174 Å². The quantitative estimate of drug-likeness (QED) is 0.413. The molecule has 0 spiro atoms. The molecule has 144 valence electrons. The van der Waals surface area contributed by atoms with Crippen molar-refractivity contribution in [3.63, 3.8) is 0 Å². The maximum atomic E-state index is 11.3. The maximum absolute atomic E-state index is 11.3. The molecule has 0 aliphatic heterocycles. The minimum atomic E-state index is -0.463. The monoisotopic (exact) mass is 434 g/mol. The number of nitrogens with one attached hydrogen (secondary N) is 2. The molecule has 4 N–H and O–H groups in total. The van der Waals surface area contributed by atoms with Crippen LogP contribution in [0.2, 0.25) is 10.0 Å². The Morgan fingerprint density at radius 3 is 2.89 bits per heavy atom. The van der Waals surface area contributed by atoms with Crippen LogP contribution in [-0.2, 0) is 6.42 Å². The molecule has 4 rings (SSSR count). The highest BCUT2D eigenvalue weighted by Gasteiger charge is 2.10. The Kier molecular flexibility index (Phi) is 5.41. The number of aromatic nitrogens is 2. The zero-order valence-electron chi connectivity index (χ0n) is 14.5. The highest BCUT2D eigenvalue weighted by Crippen LogP contribution is 2.30. The fourth-order valence-electron chi connectivity index (χ4n) is 2.85. The average molecular weight is 435 g/mol. The smallest absolute Gasteiger partial charge is 0.408 e. The van der Waals surface area contributed by atoms with Gasteiger partial charge in [0.2, 0.25) is 0 Å². The lowest BCUT2D eigenvalue weighted by molar-refractivity contribution is 0.555. The van der Waals surface area contributed by atoms with Crippen LogP contribution in [0.3, 0.4) is 0 Å². The topological polar surface area (TPSA) is 96.9 Å². The lowest BCUT2D eigenvalue weighted by Gasteiger charge is -2.12.